The summed E-state index contributed by atoms with van der Waals surface area (Å²) in [5.74, 6) is 3.74. The lowest BCUT2D eigenvalue weighted by atomic mass is 10.2. The third kappa shape index (κ3) is 2.73. The van der Waals surface area contributed by atoms with E-state index in [1.807, 2.05) is 36.4 Å². The van der Waals surface area contributed by atoms with E-state index < -0.39 is 0 Å². The molecule has 3 heterocycles. The zero-order chi connectivity index (χ0) is 15.6. The molecule has 0 fully saturated rings. The van der Waals surface area contributed by atoms with E-state index in [0.717, 1.165) is 54.9 Å². The first-order valence-corrected chi connectivity index (χ1v) is 7.65. The van der Waals surface area contributed by atoms with Gasteiger partial charge in [0.1, 0.15) is 17.3 Å². The molecule has 1 aromatic carbocycles. The lowest BCUT2D eigenvalue weighted by Crippen LogP contribution is -2.33. The summed E-state index contributed by atoms with van der Waals surface area (Å²) in [6.45, 7) is 3.42. The van der Waals surface area contributed by atoms with E-state index in [9.17, 15) is 0 Å². The van der Waals surface area contributed by atoms with E-state index in [-0.39, 0.29) is 0 Å². The van der Waals surface area contributed by atoms with Crippen molar-refractivity contribution in [2.75, 3.05) is 13.7 Å². The van der Waals surface area contributed by atoms with Crippen LogP contribution < -0.4 is 4.74 Å². The van der Waals surface area contributed by atoms with Crippen LogP contribution in [0.2, 0.25) is 0 Å². The molecular formula is C17H18N4O2. The number of ether oxygens (including phenoxy) is 1. The van der Waals surface area contributed by atoms with Gasteiger partial charge in [0, 0.05) is 18.7 Å². The number of nitrogens with zero attached hydrogens (tertiary/aromatic N) is 4. The molecule has 0 saturated heterocycles. The Labute approximate surface area is 134 Å². The third-order valence-corrected chi connectivity index (χ3v) is 4.14. The second kappa shape index (κ2) is 5.89. The summed E-state index contributed by atoms with van der Waals surface area (Å²) < 4.78 is 12.8. The van der Waals surface area contributed by atoms with Gasteiger partial charge in [-0.3, -0.25) is 4.90 Å². The molecular weight excluding hydrogens is 292 g/mol. The fraction of sp³-hybridized carbons (Fsp3) is 0.294. The van der Waals surface area contributed by atoms with Crippen LogP contribution in [0.4, 0.5) is 0 Å². The number of benzene rings is 1. The van der Waals surface area contributed by atoms with Gasteiger partial charge in [0.25, 0.3) is 0 Å². The molecule has 2 aromatic heterocycles. The van der Waals surface area contributed by atoms with Gasteiger partial charge < -0.3 is 13.7 Å². The first-order valence-electron chi connectivity index (χ1n) is 7.65. The summed E-state index contributed by atoms with van der Waals surface area (Å²) >= 11 is 0. The van der Waals surface area contributed by atoms with Crippen molar-refractivity contribution in [3.05, 3.63) is 54.2 Å². The predicted molar refractivity (Wildman–Crippen MR) is 84.8 cm³/mol. The van der Waals surface area contributed by atoms with Gasteiger partial charge >= 0.3 is 0 Å². The van der Waals surface area contributed by atoms with Crippen LogP contribution in [0.25, 0.3) is 11.4 Å². The van der Waals surface area contributed by atoms with Crippen LogP contribution in [0.1, 0.15) is 11.6 Å². The smallest absolute Gasteiger partial charge is 0.164 e. The Bertz CT molecular complexity index is 778. The molecule has 6 nitrogen and oxygen atoms in total. The van der Waals surface area contributed by atoms with E-state index in [2.05, 4.69) is 19.7 Å². The van der Waals surface area contributed by atoms with Crippen molar-refractivity contribution in [2.24, 2.45) is 0 Å². The molecule has 1 aliphatic rings. The average molecular weight is 310 g/mol. The first kappa shape index (κ1) is 14.0. The molecule has 3 aromatic rings. The zero-order valence-electron chi connectivity index (χ0n) is 13.0. The van der Waals surface area contributed by atoms with Gasteiger partial charge in [-0.05, 0) is 36.4 Å². The van der Waals surface area contributed by atoms with Crippen molar-refractivity contribution in [3.8, 4) is 17.1 Å². The largest absolute Gasteiger partial charge is 0.497 e. The molecule has 6 heteroatoms. The van der Waals surface area contributed by atoms with Crippen molar-refractivity contribution >= 4 is 0 Å². The number of hydrogen-bond acceptors (Lipinski definition) is 5. The summed E-state index contributed by atoms with van der Waals surface area (Å²) in [5.41, 5.74) is 1.06. The lowest BCUT2D eigenvalue weighted by molar-refractivity contribution is 0.194. The Balaban J connectivity index is 1.54. The maximum atomic E-state index is 5.42. The summed E-state index contributed by atoms with van der Waals surface area (Å²) in [6, 6.07) is 11.9. The minimum atomic E-state index is 0.782. The minimum Gasteiger partial charge on any atom is -0.497 e. The van der Waals surface area contributed by atoms with Crippen LogP contribution in [0, 0.1) is 0 Å². The molecule has 0 radical (unpaired) electrons. The molecule has 0 atom stereocenters. The van der Waals surface area contributed by atoms with Crippen molar-refractivity contribution in [3.63, 3.8) is 0 Å². The van der Waals surface area contributed by atoms with Gasteiger partial charge in [-0.2, -0.15) is 0 Å². The van der Waals surface area contributed by atoms with Crippen LogP contribution in [0.3, 0.4) is 0 Å². The van der Waals surface area contributed by atoms with Gasteiger partial charge in [0.15, 0.2) is 5.82 Å². The topological polar surface area (TPSA) is 56.3 Å². The van der Waals surface area contributed by atoms with Gasteiger partial charge in [-0.15, -0.1) is 10.2 Å². The predicted octanol–water partition coefficient (Wildman–Crippen LogP) is 2.56. The van der Waals surface area contributed by atoms with E-state index in [1.165, 1.54) is 0 Å². The quantitative estimate of drug-likeness (QED) is 0.741. The van der Waals surface area contributed by atoms with Crippen LogP contribution in [-0.4, -0.2) is 33.3 Å². The number of fused-ring (bicyclic) bond motifs is 1. The minimum absolute atomic E-state index is 0.782. The van der Waals surface area contributed by atoms with E-state index in [1.54, 1.807) is 13.4 Å². The Morgan fingerprint density at radius 1 is 1.13 bits per heavy atom. The average Bonchev–Trinajstić information content (AvgIpc) is 3.24. The second-order valence-corrected chi connectivity index (χ2v) is 5.61. The summed E-state index contributed by atoms with van der Waals surface area (Å²) in [7, 11) is 1.67. The highest BCUT2D eigenvalue weighted by molar-refractivity contribution is 5.56. The maximum Gasteiger partial charge on any atom is 0.164 e. The monoisotopic (exact) mass is 310 g/mol. The molecule has 0 unspecified atom stereocenters. The van der Waals surface area contributed by atoms with Crippen LogP contribution in [-0.2, 0) is 19.6 Å². The fourth-order valence-electron chi connectivity index (χ4n) is 2.92. The lowest BCUT2D eigenvalue weighted by Gasteiger charge is -2.26. The molecule has 1 aliphatic heterocycles. The van der Waals surface area contributed by atoms with Crippen molar-refractivity contribution in [2.45, 2.75) is 19.6 Å². The SMILES string of the molecule is COc1ccc(-c2nnc3n2CCN(Cc2ccco2)C3)cc1. The van der Waals surface area contributed by atoms with Crippen LogP contribution in [0.15, 0.2) is 47.1 Å². The Kier molecular flexibility index (Phi) is 3.59. The summed E-state index contributed by atoms with van der Waals surface area (Å²) in [5, 5.41) is 8.74. The number of hydrogen-bond donors (Lipinski definition) is 0. The fourth-order valence-corrected chi connectivity index (χ4v) is 2.92. The third-order valence-electron chi connectivity index (χ3n) is 4.14. The molecule has 118 valence electrons. The molecule has 0 spiro atoms. The molecule has 0 amide bonds. The maximum absolute atomic E-state index is 5.42. The summed E-state index contributed by atoms with van der Waals surface area (Å²) in [4.78, 5) is 2.32. The van der Waals surface area contributed by atoms with E-state index in [4.69, 9.17) is 9.15 Å². The van der Waals surface area contributed by atoms with E-state index >= 15 is 0 Å². The molecule has 4 rings (SSSR count). The van der Waals surface area contributed by atoms with Crippen molar-refractivity contribution in [1.82, 2.24) is 19.7 Å². The number of rotatable bonds is 4. The summed E-state index contributed by atoms with van der Waals surface area (Å²) in [6.07, 6.45) is 1.71. The van der Waals surface area contributed by atoms with Gasteiger partial charge in [-0.1, -0.05) is 0 Å². The molecule has 0 bridgehead atoms. The Hall–Kier alpha value is -2.60. The van der Waals surface area contributed by atoms with Crippen LogP contribution >= 0.6 is 0 Å². The Morgan fingerprint density at radius 3 is 2.74 bits per heavy atom. The standard InChI is InChI=1S/C17H18N4O2/c1-22-14-6-4-13(5-7-14)17-19-18-16-12-20(8-9-21(16)17)11-15-3-2-10-23-15/h2-7,10H,8-9,11-12H2,1H3. The number of methoxy groups -OCH3 is 1. The van der Waals surface area contributed by atoms with Crippen LogP contribution in [0.5, 0.6) is 5.75 Å². The first-order chi connectivity index (χ1) is 11.3. The normalized spacial score (nSPS) is 14.7. The molecule has 0 aliphatic carbocycles. The zero-order valence-corrected chi connectivity index (χ0v) is 13.0. The number of aromatic nitrogens is 3. The highest BCUT2D eigenvalue weighted by Gasteiger charge is 2.22. The highest BCUT2D eigenvalue weighted by atomic mass is 16.5. The number of furan rings is 1. The second-order valence-electron chi connectivity index (χ2n) is 5.61. The molecule has 23 heavy (non-hydrogen) atoms. The molecule has 0 N–H and O–H groups in total. The van der Waals surface area contributed by atoms with E-state index in [0.29, 0.717) is 0 Å². The van der Waals surface area contributed by atoms with Gasteiger partial charge in [0.2, 0.25) is 0 Å². The van der Waals surface area contributed by atoms with Crippen molar-refractivity contribution < 1.29 is 9.15 Å². The van der Waals surface area contributed by atoms with Crippen molar-refractivity contribution in [1.29, 1.82) is 0 Å². The molecule has 0 saturated carbocycles. The highest BCUT2D eigenvalue weighted by Crippen LogP contribution is 2.24. The van der Waals surface area contributed by atoms with Gasteiger partial charge in [0.05, 0.1) is 26.5 Å². The Morgan fingerprint density at radius 2 is 2.00 bits per heavy atom. The van der Waals surface area contributed by atoms with Gasteiger partial charge in [-0.25, -0.2) is 0 Å².